The van der Waals surface area contributed by atoms with Crippen molar-refractivity contribution in [1.82, 2.24) is 5.32 Å². The molecule has 0 heterocycles. The number of hydrogen-bond donors (Lipinski definition) is 1. The molecule has 0 fully saturated rings. The molecule has 0 amide bonds. The van der Waals surface area contributed by atoms with Crippen molar-refractivity contribution in [3.8, 4) is 0 Å². The Morgan fingerprint density at radius 1 is 1.15 bits per heavy atom. The molecule has 114 valence electrons. The summed E-state index contributed by atoms with van der Waals surface area (Å²) in [5.74, 6) is 0. The van der Waals surface area contributed by atoms with E-state index in [-0.39, 0.29) is 5.54 Å². The molecule has 1 N–H and O–H groups in total. The molecule has 2 nitrogen and oxygen atoms in total. The van der Waals surface area contributed by atoms with E-state index in [1.54, 1.807) is 0 Å². The topological polar surface area (TPSA) is 21.3 Å². The van der Waals surface area contributed by atoms with E-state index in [4.69, 9.17) is 4.74 Å². The van der Waals surface area contributed by atoms with Crippen LogP contribution in [0, 0.1) is 0 Å². The Kier molecular flexibility index (Phi) is 6.93. The van der Waals surface area contributed by atoms with Gasteiger partial charge in [-0.05, 0) is 25.1 Å². The van der Waals surface area contributed by atoms with Crippen LogP contribution in [-0.4, -0.2) is 27.5 Å². The Labute approximate surface area is 125 Å². The largest absolute Gasteiger partial charge is 0.379 e. The Morgan fingerprint density at radius 3 is 2.35 bits per heavy atom. The number of rotatable bonds is 9. The predicted octanol–water partition coefficient (Wildman–Crippen LogP) is 4.19. The van der Waals surface area contributed by atoms with Gasteiger partial charge in [0, 0.05) is 6.61 Å². The molecule has 0 saturated carbocycles. The second kappa shape index (κ2) is 7.96. The second-order valence-electron chi connectivity index (χ2n) is 7.02. The molecule has 0 spiro atoms. The van der Waals surface area contributed by atoms with E-state index in [1.165, 1.54) is 12.0 Å². The molecular formula is C17H31NOSi. The zero-order chi connectivity index (χ0) is 15.1. The third-order valence-corrected chi connectivity index (χ3v) is 4.69. The van der Waals surface area contributed by atoms with E-state index in [2.05, 4.69) is 69.1 Å². The number of nitrogens with one attached hydrogen (secondary N) is 1. The third-order valence-electron chi connectivity index (χ3n) is 3.45. The van der Waals surface area contributed by atoms with E-state index in [9.17, 15) is 0 Å². The highest BCUT2D eigenvalue weighted by molar-refractivity contribution is 6.76. The van der Waals surface area contributed by atoms with Crippen LogP contribution < -0.4 is 5.32 Å². The van der Waals surface area contributed by atoms with Crippen molar-refractivity contribution in [2.75, 3.05) is 19.4 Å². The zero-order valence-corrected chi connectivity index (χ0v) is 14.8. The maximum atomic E-state index is 5.91. The summed E-state index contributed by atoms with van der Waals surface area (Å²) in [7, 11) is -1.12. The van der Waals surface area contributed by atoms with E-state index in [0.717, 1.165) is 25.8 Å². The van der Waals surface area contributed by atoms with Gasteiger partial charge in [0.2, 0.25) is 0 Å². The molecule has 1 aromatic rings. The van der Waals surface area contributed by atoms with E-state index in [1.807, 2.05) is 0 Å². The highest BCUT2D eigenvalue weighted by Gasteiger charge is 2.28. The van der Waals surface area contributed by atoms with Crippen molar-refractivity contribution in [2.24, 2.45) is 0 Å². The van der Waals surface area contributed by atoms with E-state index >= 15 is 0 Å². The molecule has 0 saturated heterocycles. The molecule has 0 aromatic heterocycles. The van der Waals surface area contributed by atoms with Gasteiger partial charge >= 0.3 is 0 Å². The van der Waals surface area contributed by atoms with Crippen molar-refractivity contribution >= 4 is 8.07 Å². The summed E-state index contributed by atoms with van der Waals surface area (Å²) in [5, 5.41) is 3.77. The summed E-state index contributed by atoms with van der Waals surface area (Å²) in [6.07, 6.45) is 3.43. The normalized spacial score (nSPS) is 15.1. The van der Waals surface area contributed by atoms with E-state index < -0.39 is 8.07 Å². The van der Waals surface area contributed by atoms with Crippen LogP contribution in [0.2, 0.25) is 19.6 Å². The van der Waals surface area contributed by atoms with Gasteiger partial charge in [0.05, 0.1) is 20.2 Å². The SMILES string of the molecule is CCCCOC[C@](C)(NC[Si](C)(C)C)c1ccccc1. The van der Waals surface area contributed by atoms with Gasteiger partial charge in [-0.25, -0.2) is 0 Å². The van der Waals surface area contributed by atoms with Gasteiger partial charge in [0.1, 0.15) is 0 Å². The lowest BCUT2D eigenvalue weighted by atomic mass is 9.93. The van der Waals surface area contributed by atoms with Gasteiger partial charge in [-0.2, -0.15) is 0 Å². The van der Waals surface area contributed by atoms with Crippen LogP contribution in [0.4, 0.5) is 0 Å². The van der Waals surface area contributed by atoms with E-state index in [0.29, 0.717) is 0 Å². The molecule has 1 rings (SSSR count). The molecular weight excluding hydrogens is 262 g/mol. The van der Waals surface area contributed by atoms with Gasteiger partial charge in [0.15, 0.2) is 0 Å². The van der Waals surface area contributed by atoms with Gasteiger partial charge in [-0.1, -0.05) is 63.3 Å². The van der Waals surface area contributed by atoms with Gasteiger partial charge in [-0.3, -0.25) is 0 Å². The number of hydrogen-bond acceptors (Lipinski definition) is 2. The minimum absolute atomic E-state index is 0.0880. The fourth-order valence-electron chi connectivity index (χ4n) is 2.03. The highest BCUT2D eigenvalue weighted by Crippen LogP contribution is 2.22. The summed E-state index contributed by atoms with van der Waals surface area (Å²) in [5.41, 5.74) is 1.23. The first kappa shape index (κ1) is 17.4. The van der Waals surface area contributed by atoms with Gasteiger partial charge in [-0.15, -0.1) is 0 Å². The Bertz CT molecular complexity index is 374. The standard InChI is InChI=1S/C17H31NOSi/c1-6-7-13-19-14-17(2,18-15-20(3,4)5)16-11-9-8-10-12-16/h8-12,18H,6-7,13-15H2,1-5H3/t17-/m0/s1. The van der Waals surface area contributed by atoms with Crippen LogP contribution in [0.5, 0.6) is 0 Å². The smallest absolute Gasteiger partial charge is 0.0687 e. The average molecular weight is 294 g/mol. The maximum absolute atomic E-state index is 5.91. The van der Waals surface area contributed by atoms with Crippen LogP contribution in [-0.2, 0) is 10.3 Å². The van der Waals surface area contributed by atoms with Crippen molar-refractivity contribution in [1.29, 1.82) is 0 Å². The van der Waals surface area contributed by atoms with Crippen LogP contribution >= 0.6 is 0 Å². The average Bonchev–Trinajstić information content (AvgIpc) is 2.42. The molecule has 0 aliphatic carbocycles. The van der Waals surface area contributed by atoms with Gasteiger partial charge in [0.25, 0.3) is 0 Å². The lowest BCUT2D eigenvalue weighted by Gasteiger charge is -2.34. The Balaban J connectivity index is 2.72. The third kappa shape index (κ3) is 6.20. The van der Waals surface area contributed by atoms with Crippen LogP contribution in [0.15, 0.2) is 30.3 Å². The minimum Gasteiger partial charge on any atom is -0.379 e. The second-order valence-corrected chi connectivity index (χ2v) is 12.5. The lowest BCUT2D eigenvalue weighted by Crippen LogP contribution is -2.50. The first-order valence-corrected chi connectivity index (χ1v) is 11.5. The Morgan fingerprint density at radius 2 is 1.80 bits per heavy atom. The molecule has 0 aliphatic heterocycles. The molecule has 1 aromatic carbocycles. The predicted molar refractivity (Wildman–Crippen MR) is 90.9 cm³/mol. The van der Waals surface area contributed by atoms with Crippen molar-refractivity contribution in [3.63, 3.8) is 0 Å². The fraction of sp³-hybridized carbons (Fsp3) is 0.647. The molecule has 1 atom stereocenters. The number of benzene rings is 1. The molecule has 0 bridgehead atoms. The lowest BCUT2D eigenvalue weighted by molar-refractivity contribution is 0.0745. The molecule has 0 aliphatic rings. The van der Waals surface area contributed by atoms with Gasteiger partial charge < -0.3 is 10.1 Å². The number of unbranched alkanes of at least 4 members (excludes halogenated alkanes) is 1. The molecule has 0 radical (unpaired) electrons. The highest BCUT2D eigenvalue weighted by atomic mass is 28.3. The monoisotopic (exact) mass is 293 g/mol. The minimum atomic E-state index is -1.12. The summed E-state index contributed by atoms with van der Waals surface area (Å²) >= 11 is 0. The van der Waals surface area contributed by atoms with Crippen LogP contribution in [0.1, 0.15) is 32.3 Å². The number of ether oxygens (including phenoxy) is 1. The zero-order valence-electron chi connectivity index (χ0n) is 13.8. The summed E-state index contributed by atoms with van der Waals surface area (Å²) in [6, 6.07) is 10.7. The summed E-state index contributed by atoms with van der Waals surface area (Å²) < 4.78 is 5.91. The van der Waals surface area contributed by atoms with Crippen molar-refractivity contribution < 1.29 is 4.74 Å². The fourth-order valence-corrected chi connectivity index (χ4v) is 2.95. The first-order valence-electron chi connectivity index (χ1n) is 7.76. The summed E-state index contributed by atoms with van der Waals surface area (Å²) in [4.78, 5) is 0. The summed E-state index contributed by atoms with van der Waals surface area (Å²) in [6.45, 7) is 13.2. The Hall–Kier alpha value is -0.643. The quantitative estimate of drug-likeness (QED) is 0.544. The maximum Gasteiger partial charge on any atom is 0.0687 e. The van der Waals surface area contributed by atoms with Crippen LogP contribution in [0.3, 0.4) is 0 Å². The first-order chi connectivity index (χ1) is 9.37. The van der Waals surface area contributed by atoms with Crippen LogP contribution in [0.25, 0.3) is 0 Å². The van der Waals surface area contributed by atoms with Crippen molar-refractivity contribution in [2.45, 2.75) is 51.9 Å². The molecule has 3 heteroatoms. The molecule has 0 unspecified atom stereocenters. The molecule has 20 heavy (non-hydrogen) atoms. The van der Waals surface area contributed by atoms with Crippen molar-refractivity contribution in [3.05, 3.63) is 35.9 Å².